The molecule has 1 rings (SSSR count). The summed E-state index contributed by atoms with van der Waals surface area (Å²) < 4.78 is 0. The first-order valence-corrected chi connectivity index (χ1v) is 6.08. The van der Waals surface area contributed by atoms with Gasteiger partial charge in [0.2, 0.25) is 0 Å². The van der Waals surface area contributed by atoms with Gasteiger partial charge in [-0.1, -0.05) is 19.1 Å². The number of rotatable bonds is 5. The molecule has 0 aromatic heterocycles. The Morgan fingerprint density at radius 2 is 2.19 bits per heavy atom. The molecule has 0 amide bonds. The summed E-state index contributed by atoms with van der Waals surface area (Å²) in [5.74, 6) is 0.674. The number of aliphatic hydroxyl groups excluding tert-OH is 1. The summed E-state index contributed by atoms with van der Waals surface area (Å²) in [5.41, 5.74) is 1.02. The number of nitro benzene ring substituents is 1. The van der Waals surface area contributed by atoms with Crippen molar-refractivity contribution in [3.63, 3.8) is 0 Å². The van der Waals surface area contributed by atoms with Gasteiger partial charge in [-0.3, -0.25) is 10.1 Å². The summed E-state index contributed by atoms with van der Waals surface area (Å²) in [6, 6.07) is 6.59. The number of thioether (sulfide) groups is 1. The molecule has 0 spiro atoms. The van der Waals surface area contributed by atoms with Crippen LogP contribution in [-0.2, 0) is 5.75 Å². The predicted molar refractivity (Wildman–Crippen MR) is 65.5 cm³/mol. The second-order valence-corrected chi connectivity index (χ2v) is 5.05. The SMILES string of the molecule is C[C@H](O)[C@@H](C)SCc1cccc([N+](=O)[O-])c1. The molecule has 88 valence electrons. The topological polar surface area (TPSA) is 63.4 Å². The molecule has 4 nitrogen and oxygen atoms in total. The maximum atomic E-state index is 10.6. The van der Waals surface area contributed by atoms with E-state index in [1.165, 1.54) is 6.07 Å². The quantitative estimate of drug-likeness (QED) is 0.635. The molecule has 1 aromatic carbocycles. The third-order valence-corrected chi connectivity index (χ3v) is 3.73. The summed E-state index contributed by atoms with van der Waals surface area (Å²) in [6.45, 7) is 3.68. The highest BCUT2D eigenvalue weighted by Gasteiger charge is 2.10. The van der Waals surface area contributed by atoms with E-state index < -0.39 is 4.92 Å². The predicted octanol–water partition coefficient (Wildman–Crippen LogP) is 2.60. The van der Waals surface area contributed by atoms with Crippen LogP contribution in [0, 0.1) is 10.1 Å². The fraction of sp³-hybridized carbons (Fsp3) is 0.455. The Kier molecular flexibility index (Phi) is 4.76. The zero-order chi connectivity index (χ0) is 12.1. The minimum Gasteiger partial charge on any atom is -0.392 e. The van der Waals surface area contributed by atoms with Crippen molar-refractivity contribution in [3.05, 3.63) is 39.9 Å². The molecular weight excluding hydrogens is 226 g/mol. The van der Waals surface area contributed by atoms with Crippen LogP contribution in [0.5, 0.6) is 0 Å². The Morgan fingerprint density at radius 3 is 2.75 bits per heavy atom. The summed E-state index contributed by atoms with van der Waals surface area (Å²) in [7, 11) is 0. The molecule has 0 aliphatic rings. The number of hydrogen-bond donors (Lipinski definition) is 1. The Labute approximate surface area is 98.8 Å². The minimum atomic E-state index is -0.397. The summed E-state index contributed by atoms with van der Waals surface area (Å²) in [6.07, 6.45) is -0.372. The van der Waals surface area contributed by atoms with Crippen LogP contribution in [0.2, 0.25) is 0 Å². The average molecular weight is 241 g/mol. The maximum absolute atomic E-state index is 10.6. The van der Waals surface area contributed by atoms with Crippen LogP contribution in [0.3, 0.4) is 0 Å². The van der Waals surface area contributed by atoms with Gasteiger partial charge in [0.05, 0.1) is 11.0 Å². The van der Waals surface area contributed by atoms with Gasteiger partial charge in [-0.15, -0.1) is 0 Å². The highest BCUT2D eigenvalue weighted by atomic mass is 32.2. The van der Waals surface area contributed by atoms with Gasteiger partial charge in [-0.25, -0.2) is 0 Å². The molecule has 0 aliphatic carbocycles. The van der Waals surface area contributed by atoms with Crippen LogP contribution in [0.4, 0.5) is 5.69 Å². The Morgan fingerprint density at radius 1 is 1.50 bits per heavy atom. The summed E-state index contributed by atoms with van der Waals surface area (Å²) >= 11 is 1.59. The maximum Gasteiger partial charge on any atom is 0.269 e. The monoisotopic (exact) mass is 241 g/mol. The number of nitrogens with zero attached hydrogens (tertiary/aromatic N) is 1. The van der Waals surface area contributed by atoms with E-state index in [0.29, 0.717) is 5.75 Å². The lowest BCUT2D eigenvalue weighted by atomic mass is 10.2. The molecule has 0 saturated carbocycles. The number of aliphatic hydroxyl groups is 1. The van der Waals surface area contributed by atoms with E-state index in [2.05, 4.69) is 0 Å². The molecule has 2 atom stereocenters. The molecule has 0 radical (unpaired) electrons. The molecule has 0 aliphatic heterocycles. The van der Waals surface area contributed by atoms with E-state index in [1.807, 2.05) is 13.0 Å². The molecular formula is C11H15NO3S. The van der Waals surface area contributed by atoms with Crippen LogP contribution in [-0.4, -0.2) is 21.4 Å². The minimum absolute atomic E-state index is 0.114. The number of nitro groups is 1. The second kappa shape index (κ2) is 5.86. The largest absolute Gasteiger partial charge is 0.392 e. The van der Waals surface area contributed by atoms with E-state index in [0.717, 1.165) is 5.56 Å². The van der Waals surface area contributed by atoms with E-state index in [4.69, 9.17) is 0 Å². The highest BCUT2D eigenvalue weighted by molar-refractivity contribution is 7.99. The molecule has 0 bridgehead atoms. The Bertz CT molecular complexity index is 368. The van der Waals surface area contributed by atoms with Crippen molar-refractivity contribution in [2.24, 2.45) is 0 Å². The van der Waals surface area contributed by atoms with E-state index in [1.54, 1.807) is 30.8 Å². The molecule has 0 unspecified atom stereocenters. The Hall–Kier alpha value is -1.07. The van der Waals surface area contributed by atoms with Gasteiger partial charge in [0.15, 0.2) is 0 Å². The van der Waals surface area contributed by atoms with E-state index in [-0.39, 0.29) is 17.0 Å². The smallest absolute Gasteiger partial charge is 0.269 e. The molecule has 1 N–H and O–H groups in total. The van der Waals surface area contributed by atoms with Crippen molar-refractivity contribution in [1.29, 1.82) is 0 Å². The molecule has 1 aromatic rings. The van der Waals surface area contributed by atoms with Gasteiger partial charge in [0, 0.05) is 23.1 Å². The zero-order valence-corrected chi connectivity index (χ0v) is 10.1. The van der Waals surface area contributed by atoms with Crippen molar-refractivity contribution in [1.82, 2.24) is 0 Å². The lowest BCUT2D eigenvalue weighted by molar-refractivity contribution is -0.384. The van der Waals surface area contributed by atoms with Gasteiger partial charge in [0.1, 0.15) is 0 Å². The van der Waals surface area contributed by atoms with Gasteiger partial charge in [-0.05, 0) is 12.5 Å². The first-order chi connectivity index (χ1) is 7.50. The van der Waals surface area contributed by atoms with Gasteiger partial charge in [-0.2, -0.15) is 11.8 Å². The van der Waals surface area contributed by atoms with Gasteiger partial charge < -0.3 is 5.11 Å². The summed E-state index contributed by atoms with van der Waals surface area (Å²) in [5, 5.41) is 20.0. The lowest BCUT2D eigenvalue weighted by Crippen LogP contribution is -2.15. The summed E-state index contributed by atoms with van der Waals surface area (Å²) in [4.78, 5) is 10.2. The molecule has 0 saturated heterocycles. The average Bonchev–Trinajstić information content (AvgIpc) is 2.26. The molecule has 5 heteroatoms. The fourth-order valence-corrected chi connectivity index (χ4v) is 2.04. The molecule has 0 heterocycles. The number of non-ortho nitro benzene ring substituents is 1. The van der Waals surface area contributed by atoms with Crippen LogP contribution in [0.15, 0.2) is 24.3 Å². The van der Waals surface area contributed by atoms with E-state index >= 15 is 0 Å². The normalized spacial score (nSPS) is 14.4. The van der Waals surface area contributed by atoms with Crippen molar-refractivity contribution < 1.29 is 10.0 Å². The van der Waals surface area contributed by atoms with Crippen molar-refractivity contribution in [3.8, 4) is 0 Å². The van der Waals surface area contributed by atoms with Crippen LogP contribution in [0.25, 0.3) is 0 Å². The first kappa shape index (κ1) is 13.0. The number of benzene rings is 1. The Balaban J connectivity index is 2.61. The molecule has 0 fully saturated rings. The highest BCUT2D eigenvalue weighted by Crippen LogP contribution is 2.22. The number of hydrogen-bond acceptors (Lipinski definition) is 4. The third-order valence-electron chi connectivity index (χ3n) is 2.31. The molecule has 16 heavy (non-hydrogen) atoms. The third kappa shape index (κ3) is 3.83. The lowest BCUT2D eigenvalue weighted by Gasteiger charge is -2.13. The fourth-order valence-electron chi connectivity index (χ4n) is 1.13. The standard InChI is InChI=1S/C11H15NO3S/c1-8(13)9(2)16-7-10-4-3-5-11(6-10)12(14)15/h3-6,8-9,13H,7H2,1-2H3/t8-,9+/m0/s1. The van der Waals surface area contributed by atoms with Crippen LogP contribution < -0.4 is 0 Å². The van der Waals surface area contributed by atoms with Gasteiger partial charge >= 0.3 is 0 Å². The van der Waals surface area contributed by atoms with E-state index in [9.17, 15) is 15.2 Å². The van der Waals surface area contributed by atoms with Crippen LogP contribution in [0.1, 0.15) is 19.4 Å². The van der Waals surface area contributed by atoms with Crippen molar-refractivity contribution >= 4 is 17.4 Å². The first-order valence-electron chi connectivity index (χ1n) is 5.03. The van der Waals surface area contributed by atoms with Crippen LogP contribution >= 0.6 is 11.8 Å². The second-order valence-electron chi connectivity index (χ2n) is 3.68. The van der Waals surface area contributed by atoms with Crippen molar-refractivity contribution in [2.45, 2.75) is 31.0 Å². The van der Waals surface area contributed by atoms with Gasteiger partial charge in [0.25, 0.3) is 5.69 Å². The zero-order valence-electron chi connectivity index (χ0n) is 9.29. The van der Waals surface area contributed by atoms with Crippen molar-refractivity contribution in [2.75, 3.05) is 0 Å².